The van der Waals surface area contributed by atoms with Crippen molar-refractivity contribution in [2.75, 3.05) is 20.1 Å². The lowest BCUT2D eigenvalue weighted by atomic mass is 9.97. The molecule has 8 nitrogen and oxygen atoms in total. The number of likely N-dealkylation sites (N-methyl/N-ethyl adjacent to an activating group) is 1. The van der Waals surface area contributed by atoms with Crippen molar-refractivity contribution in [3.05, 3.63) is 29.0 Å². The first-order chi connectivity index (χ1) is 16.2. The van der Waals surface area contributed by atoms with Crippen LogP contribution in [0.4, 0.5) is 9.18 Å². The van der Waals surface area contributed by atoms with Crippen LogP contribution >= 0.6 is 11.6 Å². The van der Waals surface area contributed by atoms with E-state index >= 15 is 0 Å². The molecule has 0 unspecified atom stereocenters. The van der Waals surface area contributed by atoms with Gasteiger partial charge in [0.1, 0.15) is 17.5 Å². The number of rotatable bonds is 7. The van der Waals surface area contributed by atoms with Crippen LogP contribution in [0.3, 0.4) is 0 Å². The fourth-order valence-corrected chi connectivity index (χ4v) is 6.71. The predicted octanol–water partition coefficient (Wildman–Crippen LogP) is 4.03. The van der Waals surface area contributed by atoms with Crippen LogP contribution in [-0.2, 0) is 19.6 Å². The van der Waals surface area contributed by atoms with Crippen LogP contribution < -0.4 is 5.32 Å². The van der Waals surface area contributed by atoms with E-state index in [0.717, 1.165) is 25.0 Å². The number of carbonyl (C=O) groups excluding carboxylic acids is 2. The third kappa shape index (κ3) is 6.27. The second-order valence-corrected chi connectivity index (χ2v) is 12.8. The topological polar surface area (TPSA) is 96.0 Å². The summed E-state index contributed by atoms with van der Waals surface area (Å²) in [5, 5.41) is 2.84. The van der Waals surface area contributed by atoms with Gasteiger partial charge in [0, 0.05) is 26.2 Å². The second kappa shape index (κ2) is 10.6. The summed E-state index contributed by atoms with van der Waals surface area (Å²) >= 11 is 5.80. The molecule has 1 aromatic carbocycles. The molecule has 1 aromatic rings. The monoisotopic (exact) mass is 531 g/mol. The summed E-state index contributed by atoms with van der Waals surface area (Å²) in [6, 6.07) is 2.50. The van der Waals surface area contributed by atoms with Crippen molar-refractivity contribution < 1.29 is 27.1 Å². The third-order valence-electron chi connectivity index (χ3n) is 6.69. The van der Waals surface area contributed by atoms with Crippen molar-refractivity contribution in [2.45, 2.75) is 76.0 Å². The van der Waals surface area contributed by atoms with E-state index in [9.17, 15) is 22.4 Å². The molecule has 2 aliphatic rings. The van der Waals surface area contributed by atoms with Crippen molar-refractivity contribution in [3.63, 3.8) is 0 Å². The van der Waals surface area contributed by atoms with E-state index in [2.05, 4.69) is 5.32 Å². The summed E-state index contributed by atoms with van der Waals surface area (Å²) in [4.78, 5) is 27.0. The quantitative estimate of drug-likeness (QED) is 0.573. The molecule has 4 atom stereocenters. The number of sulfonamides is 1. The van der Waals surface area contributed by atoms with E-state index in [1.807, 2.05) is 6.92 Å². The molecular formula is C24H35ClFN3O5S. The first-order valence-electron chi connectivity index (χ1n) is 12.0. The molecule has 1 heterocycles. The Morgan fingerprint density at radius 3 is 2.57 bits per heavy atom. The van der Waals surface area contributed by atoms with Crippen LogP contribution in [0, 0.1) is 17.7 Å². The Morgan fingerprint density at radius 1 is 1.29 bits per heavy atom. The standard InChI is InChI=1S/C24H35ClFN3O5S/c1-6-7-21(28(5)23(31)34-24(2,3)4)22(30)27-20-11-8-15-13-29(14-17(15)20)35(32,33)16-9-10-19(26)18(25)12-16/h9-10,12,15,17,20-21H,6-8,11,13-14H2,1-5H3,(H,27,30)/t15-,17+,20+,21+/m1/s1. The first-order valence-corrected chi connectivity index (χ1v) is 13.8. The lowest BCUT2D eigenvalue weighted by Crippen LogP contribution is -2.52. The number of fused-ring (bicyclic) bond motifs is 1. The molecule has 2 amide bonds. The summed E-state index contributed by atoms with van der Waals surface area (Å²) < 4.78 is 46.6. The number of carbonyl (C=O) groups is 2. The minimum Gasteiger partial charge on any atom is -0.444 e. The Labute approximate surface area is 212 Å². The van der Waals surface area contributed by atoms with Crippen LogP contribution in [0.5, 0.6) is 0 Å². The lowest BCUT2D eigenvalue weighted by molar-refractivity contribution is -0.127. The third-order valence-corrected chi connectivity index (χ3v) is 8.81. The Bertz CT molecular complexity index is 1060. The molecule has 0 spiro atoms. The largest absolute Gasteiger partial charge is 0.444 e. The lowest BCUT2D eigenvalue weighted by Gasteiger charge is -2.31. The molecule has 2 fully saturated rings. The fourth-order valence-electron chi connectivity index (χ4n) is 4.90. The molecule has 0 radical (unpaired) electrons. The van der Waals surface area contributed by atoms with Crippen LogP contribution in [0.25, 0.3) is 0 Å². The molecule has 0 bridgehead atoms. The van der Waals surface area contributed by atoms with E-state index < -0.39 is 33.6 Å². The number of nitrogens with one attached hydrogen (secondary N) is 1. The van der Waals surface area contributed by atoms with Crippen LogP contribution in [0.15, 0.2) is 23.1 Å². The van der Waals surface area contributed by atoms with Crippen molar-refractivity contribution in [1.82, 2.24) is 14.5 Å². The Hall–Kier alpha value is -1.91. The molecule has 11 heteroatoms. The highest BCUT2D eigenvalue weighted by molar-refractivity contribution is 7.89. The van der Waals surface area contributed by atoms with Crippen molar-refractivity contribution >= 4 is 33.6 Å². The maximum absolute atomic E-state index is 13.5. The van der Waals surface area contributed by atoms with Gasteiger partial charge in [-0.15, -0.1) is 0 Å². The van der Waals surface area contributed by atoms with Crippen molar-refractivity contribution in [2.24, 2.45) is 11.8 Å². The van der Waals surface area contributed by atoms with Crippen LogP contribution in [-0.4, -0.2) is 67.4 Å². The molecule has 196 valence electrons. The molecule has 1 saturated carbocycles. The zero-order valence-electron chi connectivity index (χ0n) is 20.9. The van der Waals surface area contributed by atoms with E-state index in [1.54, 1.807) is 27.8 Å². The van der Waals surface area contributed by atoms with Crippen molar-refractivity contribution in [3.8, 4) is 0 Å². The van der Waals surface area contributed by atoms with Gasteiger partial charge in [-0.1, -0.05) is 24.9 Å². The minimum atomic E-state index is -3.84. The van der Waals surface area contributed by atoms with Crippen molar-refractivity contribution in [1.29, 1.82) is 0 Å². The highest BCUT2D eigenvalue weighted by Crippen LogP contribution is 2.40. The molecular weight excluding hydrogens is 497 g/mol. The van der Waals surface area contributed by atoms with Gasteiger partial charge < -0.3 is 10.1 Å². The van der Waals surface area contributed by atoms with Gasteiger partial charge in [-0.25, -0.2) is 17.6 Å². The van der Waals surface area contributed by atoms with E-state index in [-0.39, 0.29) is 40.2 Å². The van der Waals surface area contributed by atoms with Gasteiger partial charge in [-0.2, -0.15) is 4.31 Å². The molecule has 1 aliphatic carbocycles. The molecule has 0 aromatic heterocycles. The van der Waals surface area contributed by atoms with Gasteiger partial charge in [0.25, 0.3) is 0 Å². The van der Waals surface area contributed by atoms with Crippen LogP contribution in [0.2, 0.25) is 5.02 Å². The molecule has 35 heavy (non-hydrogen) atoms. The van der Waals surface area contributed by atoms with Gasteiger partial charge in [0.15, 0.2) is 0 Å². The highest BCUT2D eigenvalue weighted by atomic mass is 35.5. The average Bonchev–Trinajstić information content (AvgIpc) is 3.34. The number of halogens is 2. The van der Waals surface area contributed by atoms with Gasteiger partial charge >= 0.3 is 6.09 Å². The van der Waals surface area contributed by atoms with E-state index in [1.165, 1.54) is 15.3 Å². The molecule has 3 rings (SSSR count). The number of benzene rings is 1. The van der Waals surface area contributed by atoms with Gasteiger partial charge in [0.2, 0.25) is 15.9 Å². The normalized spacial score (nSPS) is 23.6. The number of hydrogen-bond acceptors (Lipinski definition) is 5. The smallest absolute Gasteiger partial charge is 0.410 e. The number of nitrogens with zero attached hydrogens (tertiary/aromatic N) is 2. The minimum absolute atomic E-state index is 0.0428. The van der Waals surface area contributed by atoms with Gasteiger partial charge in [-0.05, 0) is 70.1 Å². The van der Waals surface area contributed by atoms with Gasteiger partial charge in [-0.3, -0.25) is 9.69 Å². The number of ether oxygens (including phenoxy) is 1. The fraction of sp³-hybridized carbons (Fsp3) is 0.667. The maximum atomic E-state index is 13.5. The molecule has 1 aliphatic heterocycles. The predicted molar refractivity (Wildman–Crippen MR) is 131 cm³/mol. The number of amides is 2. The SMILES string of the molecule is CCC[C@@H](C(=O)N[C@H]1CC[C@@H]2CN(S(=O)(=O)c3ccc(F)c(Cl)c3)C[C@@H]21)N(C)C(=O)OC(C)(C)C. The zero-order chi connectivity index (χ0) is 26.1. The zero-order valence-corrected chi connectivity index (χ0v) is 22.5. The van der Waals surface area contributed by atoms with E-state index in [4.69, 9.17) is 16.3 Å². The van der Waals surface area contributed by atoms with E-state index in [0.29, 0.717) is 19.4 Å². The summed E-state index contributed by atoms with van der Waals surface area (Å²) in [5.74, 6) is -0.875. The molecule has 1 saturated heterocycles. The first kappa shape index (κ1) is 27.7. The Balaban J connectivity index is 1.69. The van der Waals surface area contributed by atoms with Gasteiger partial charge in [0.05, 0.1) is 9.92 Å². The second-order valence-electron chi connectivity index (χ2n) is 10.4. The average molecular weight is 532 g/mol. The van der Waals surface area contributed by atoms with Crippen LogP contribution in [0.1, 0.15) is 53.4 Å². The number of hydrogen-bond donors (Lipinski definition) is 1. The summed E-state index contributed by atoms with van der Waals surface area (Å²) in [5.41, 5.74) is -0.676. The maximum Gasteiger partial charge on any atom is 0.410 e. The Morgan fingerprint density at radius 2 is 1.97 bits per heavy atom. The Kier molecular flexibility index (Phi) is 8.38. The summed E-state index contributed by atoms with van der Waals surface area (Å²) in [6.45, 7) is 7.85. The molecule has 1 N–H and O–H groups in total. The highest BCUT2D eigenvalue weighted by Gasteiger charge is 2.47. The summed E-state index contributed by atoms with van der Waals surface area (Å²) in [6.07, 6.45) is 2.15. The summed E-state index contributed by atoms with van der Waals surface area (Å²) in [7, 11) is -2.28.